The number of carbonyl (C=O) groups is 2. The number of hydrogen-bond acceptors (Lipinski definition) is 2. The molecule has 1 amide bonds. The van der Waals surface area contributed by atoms with Crippen molar-refractivity contribution in [3.63, 3.8) is 0 Å². The first-order valence-electron chi connectivity index (χ1n) is 6.17. The molecule has 5 heteroatoms. The Kier molecular flexibility index (Phi) is 3.41. The standard InChI is InChI=1S/C13H18N2O3/c1-15(9-5-10-4-2-8-14-10)11(16)13(12(17)18)6-3-7-13/h2,4,8,14H,3,5-7,9H2,1H3,(H,17,18). The molecule has 0 aromatic carbocycles. The van der Waals surface area contributed by atoms with Crippen LogP contribution < -0.4 is 0 Å². The Morgan fingerprint density at radius 3 is 2.67 bits per heavy atom. The van der Waals surface area contributed by atoms with Crippen LogP contribution in [0.4, 0.5) is 0 Å². The zero-order valence-electron chi connectivity index (χ0n) is 10.5. The second kappa shape index (κ2) is 4.84. The highest BCUT2D eigenvalue weighted by Crippen LogP contribution is 2.42. The van der Waals surface area contributed by atoms with Crippen molar-refractivity contribution in [2.24, 2.45) is 5.41 Å². The molecular weight excluding hydrogens is 232 g/mol. The van der Waals surface area contributed by atoms with Crippen LogP contribution in [0.1, 0.15) is 25.0 Å². The first kappa shape index (κ1) is 12.7. The molecule has 1 aromatic rings. The number of carboxylic acid groups (broad SMARTS) is 1. The van der Waals surface area contributed by atoms with Crippen molar-refractivity contribution in [3.05, 3.63) is 24.0 Å². The topological polar surface area (TPSA) is 73.4 Å². The zero-order chi connectivity index (χ0) is 13.2. The highest BCUT2D eigenvalue weighted by atomic mass is 16.4. The molecule has 0 unspecified atom stereocenters. The summed E-state index contributed by atoms with van der Waals surface area (Å²) in [6.45, 7) is 0.536. The van der Waals surface area contributed by atoms with E-state index in [4.69, 9.17) is 0 Å². The van der Waals surface area contributed by atoms with Gasteiger partial charge in [0, 0.05) is 31.9 Å². The number of aliphatic carboxylic acids is 1. The van der Waals surface area contributed by atoms with Gasteiger partial charge in [-0.3, -0.25) is 9.59 Å². The number of amides is 1. The minimum atomic E-state index is -1.15. The number of H-pyrrole nitrogens is 1. The molecule has 0 radical (unpaired) electrons. The normalized spacial score (nSPS) is 16.9. The van der Waals surface area contributed by atoms with E-state index in [2.05, 4.69) is 4.98 Å². The summed E-state index contributed by atoms with van der Waals surface area (Å²) in [4.78, 5) is 28.0. The fourth-order valence-corrected chi connectivity index (χ4v) is 2.33. The van der Waals surface area contributed by atoms with Gasteiger partial charge in [-0.1, -0.05) is 6.42 Å². The van der Waals surface area contributed by atoms with Gasteiger partial charge in [0.05, 0.1) is 0 Å². The van der Waals surface area contributed by atoms with Crippen LogP contribution in [-0.4, -0.2) is 40.5 Å². The summed E-state index contributed by atoms with van der Waals surface area (Å²) in [5, 5.41) is 9.20. The molecule has 1 heterocycles. The van der Waals surface area contributed by atoms with Crippen molar-refractivity contribution >= 4 is 11.9 Å². The molecule has 18 heavy (non-hydrogen) atoms. The third kappa shape index (κ3) is 2.12. The van der Waals surface area contributed by atoms with E-state index in [1.165, 1.54) is 4.90 Å². The average molecular weight is 250 g/mol. The van der Waals surface area contributed by atoms with E-state index in [1.807, 2.05) is 18.3 Å². The van der Waals surface area contributed by atoms with Crippen LogP contribution >= 0.6 is 0 Å². The molecule has 0 spiro atoms. The molecule has 2 rings (SSSR count). The Balaban J connectivity index is 1.94. The Labute approximate surface area is 106 Å². The van der Waals surface area contributed by atoms with Gasteiger partial charge in [-0.15, -0.1) is 0 Å². The summed E-state index contributed by atoms with van der Waals surface area (Å²) in [7, 11) is 1.67. The molecule has 0 bridgehead atoms. The molecule has 0 saturated heterocycles. The van der Waals surface area contributed by atoms with E-state index < -0.39 is 11.4 Å². The second-order valence-corrected chi connectivity index (χ2v) is 4.91. The maximum absolute atomic E-state index is 12.2. The maximum atomic E-state index is 12.2. The summed E-state index contributed by atoms with van der Waals surface area (Å²) in [5.74, 6) is -1.24. The van der Waals surface area contributed by atoms with Crippen LogP contribution in [0.25, 0.3) is 0 Å². The van der Waals surface area contributed by atoms with Gasteiger partial charge >= 0.3 is 5.97 Å². The van der Waals surface area contributed by atoms with Gasteiger partial charge in [-0.25, -0.2) is 0 Å². The van der Waals surface area contributed by atoms with Crippen molar-refractivity contribution in [3.8, 4) is 0 Å². The van der Waals surface area contributed by atoms with Crippen molar-refractivity contribution < 1.29 is 14.7 Å². The lowest BCUT2D eigenvalue weighted by atomic mass is 9.68. The van der Waals surface area contributed by atoms with E-state index >= 15 is 0 Å². The van der Waals surface area contributed by atoms with Gasteiger partial charge in [0.2, 0.25) is 5.91 Å². The monoisotopic (exact) mass is 250 g/mol. The predicted molar refractivity (Wildman–Crippen MR) is 66.1 cm³/mol. The van der Waals surface area contributed by atoms with E-state index in [1.54, 1.807) is 7.05 Å². The fourth-order valence-electron chi connectivity index (χ4n) is 2.33. The number of aromatic amines is 1. The SMILES string of the molecule is CN(CCc1ccc[nH]1)C(=O)C1(C(=O)O)CCC1. The Morgan fingerprint density at radius 2 is 2.22 bits per heavy atom. The molecule has 2 N–H and O–H groups in total. The summed E-state index contributed by atoms with van der Waals surface area (Å²) < 4.78 is 0. The lowest BCUT2D eigenvalue weighted by Gasteiger charge is -2.38. The molecule has 1 aliphatic carbocycles. The lowest BCUT2D eigenvalue weighted by Crippen LogP contribution is -2.51. The third-order valence-corrected chi connectivity index (χ3v) is 3.75. The fraction of sp³-hybridized carbons (Fsp3) is 0.538. The van der Waals surface area contributed by atoms with Crippen molar-refractivity contribution in [1.82, 2.24) is 9.88 Å². The van der Waals surface area contributed by atoms with Crippen LogP contribution in [0, 0.1) is 5.41 Å². The number of nitrogens with zero attached hydrogens (tertiary/aromatic N) is 1. The summed E-state index contributed by atoms with van der Waals surface area (Å²) in [6, 6.07) is 3.86. The third-order valence-electron chi connectivity index (χ3n) is 3.75. The molecule has 0 aliphatic heterocycles. The van der Waals surface area contributed by atoms with E-state index in [0.29, 0.717) is 25.8 Å². The molecule has 1 aromatic heterocycles. The second-order valence-electron chi connectivity index (χ2n) is 4.91. The first-order valence-corrected chi connectivity index (χ1v) is 6.17. The van der Waals surface area contributed by atoms with Gasteiger partial charge in [-0.2, -0.15) is 0 Å². The van der Waals surface area contributed by atoms with Crippen LogP contribution in [0.3, 0.4) is 0 Å². The minimum absolute atomic E-state index is 0.257. The molecule has 1 fully saturated rings. The van der Waals surface area contributed by atoms with E-state index in [0.717, 1.165) is 12.1 Å². The molecule has 1 saturated carbocycles. The Morgan fingerprint density at radius 1 is 1.50 bits per heavy atom. The largest absolute Gasteiger partial charge is 0.480 e. The maximum Gasteiger partial charge on any atom is 0.319 e. The lowest BCUT2D eigenvalue weighted by molar-refractivity contribution is -0.166. The Bertz CT molecular complexity index is 435. The summed E-state index contributed by atoms with van der Waals surface area (Å²) >= 11 is 0. The van der Waals surface area contributed by atoms with Crippen LogP contribution in [0.2, 0.25) is 0 Å². The number of rotatable bonds is 5. The van der Waals surface area contributed by atoms with Gasteiger partial charge < -0.3 is 15.0 Å². The average Bonchev–Trinajstić information content (AvgIpc) is 2.76. The Hall–Kier alpha value is -1.78. The smallest absolute Gasteiger partial charge is 0.319 e. The summed E-state index contributed by atoms with van der Waals surface area (Å²) in [6.07, 6.45) is 4.30. The van der Waals surface area contributed by atoms with Crippen molar-refractivity contribution in [2.75, 3.05) is 13.6 Å². The molecule has 0 atom stereocenters. The molecular formula is C13H18N2O3. The number of aromatic nitrogens is 1. The highest BCUT2D eigenvalue weighted by Gasteiger charge is 2.52. The minimum Gasteiger partial charge on any atom is -0.480 e. The number of likely N-dealkylation sites (N-methyl/N-ethyl adjacent to an activating group) is 1. The number of carbonyl (C=O) groups excluding carboxylic acids is 1. The van der Waals surface area contributed by atoms with Crippen LogP contribution in [-0.2, 0) is 16.0 Å². The molecule has 1 aliphatic rings. The quantitative estimate of drug-likeness (QED) is 0.773. The van der Waals surface area contributed by atoms with Gasteiger partial charge in [0.25, 0.3) is 0 Å². The van der Waals surface area contributed by atoms with Gasteiger partial charge in [0.1, 0.15) is 5.41 Å². The number of nitrogens with one attached hydrogen (secondary N) is 1. The summed E-state index contributed by atoms with van der Waals surface area (Å²) in [5.41, 5.74) is -0.0996. The van der Waals surface area contributed by atoms with Crippen molar-refractivity contribution in [1.29, 1.82) is 0 Å². The molecule has 5 nitrogen and oxygen atoms in total. The zero-order valence-corrected chi connectivity index (χ0v) is 10.5. The van der Waals surface area contributed by atoms with Crippen LogP contribution in [0.15, 0.2) is 18.3 Å². The highest BCUT2D eigenvalue weighted by molar-refractivity contribution is 6.02. The first-order chi connectivity index (χ1) is 8.56. The molecule has 98 valence electrons. The van der Waals surface area contributed by atoms with Crippen LogP contribution in [0.5, 0.6) is 0 Å². The number of hydrogen-bond donors (Lipinski definition) is 2. The van der Waals surface area contributed by atoms with E-state index in [-0.39, 0.29) is 5.91 Å². The van der Waals surface area contributed by atoms with Gasteiger partial charge in [0.15, 0.2) is 0 Å². The van der Waals surface area contributed by atoms with Gasteiger partial charge in [-0.05, 0) is 25.0 Å². The van der Waals surface area contributed by atoms with E-state index in [9.17, 15) is 14.7 Å². The predicted octanol–water partition coefficient (Wildman–Crippen LogP) is 1.27. The number of carboxylic acids is 1. The van der Waals surface area contributed by atoms with Crippen molar-refractivity contribution in [2.45, 2.75) is 25.7 Å².